The van der Waals surface area contributed by atoms with E-state index < -0.39 is 0 Å². The quantitative estimate of drug-likeness (QED) is 0.779. The van der Waals surface area contributed by atoms with Gasteiger partial charge in [-0.1, -0.05) is 13.8 Å². The van der Waals surface area contributed by atoms with Crippen LogP contribution in [0.3, 0.4) is 0 Å². The first-order valence-corrected chi connectivity index (χ1v) is 8.76. The van der Waals surface area contributed by atoms with Gasteiger partial charge in [0.1, 0.15) is 0 Å². The normalized spacial score (nSPS) is 21.3. The summed E-state index contributed by atoms with van der Waals surface area (Å²) < 4.78 is 10.4. The van der Waals surface area contributed by atoms with E-state index in [-0.39, 0.29) is 5.91 Å². The molecule has 1 amide bonds. The summed E-state index contributed by atoms with van der Waals surface area (Å²) in [5.41, 5.74) is 0.591. The van der Waals surface area contributed by atoms with Crippen LogP contribution in [0, 0.1) is 11.8 Å². The molecule has 1 aliphatic heterocycles. The Labute approximate surface area is 145 Å². The van der Waals surface area contributed by atoms with E-state index in [9.17, 15) is 4.79 Å². The molecule has 5 heteroatoms. The summed E-state index contributed by atoms with van der Waals surface area (Å²) in [6.45, 7) is 8.72. The minimum Gasteiger partial charge on any atom is -0.493 e. The minimum atomic E-state index is -0.0728. The Morgan fingerprint density at radius 2 is 1.83 bits per heavy atom. The van der Waals surface area contributed by atoms with Crippen molar-refractivity contribution in [3.05, 3.63) is 23.8 Å². The lowest BCUT2D eigenvalue weighted by Crippen LogP contribution is -2.40. The molecule has 134 valence electrons. The number of nitrogens with zero attached hydrogens (tertiary/aromatic N) is 1. The first-order valence-electron chi connectivity index (χ1n) is 8.76. The molecule has 0 aromatic heterocycles. The number of carbonyl (C=O) groups excluding carboxylic acids is 1. The summed E-state index contributed by atoms with van der Waals surface area (Å²) in [7, 11) is 3.15. The number of benzene rings is 1. The molecule has 1 N–H and O–H groups in total. The molecule has 2 rings (SSSR count). The van der Waals surface area contributed by atoms with Crippen molar-refractivity contribution in [2.75, 3.05) is 40.4 Å². The molecule has 1 saturated heterocycles. The molecule has 1 heterocycles. The predicted molar refractivity (Wildman–Crippen MR) is 95.9 cm³/mol. The number of methoxy groups -OCH3 is 2. The molecule has 2 atom stereocenters. The first-order chi connectivity index (χ1) is 11.5. The van der Waals surface area contributed by atoms with E-state index in [1.807, 2.05) is 0 Å². The number of rotatable bonds is 7. The van der Waals surface area contributed by atoms with Gasteiger partial charge < -0.3 is 19.7 Å². The van der Waals surface area contributed by atoms with Gasteiger partial charge in [0.2, 0.25) is 0 Å². The van der Waals surface area contributed by atoms with Gasteiger partial charge >= 0.3 is 0 Å². The summed E-state index contributed by atoms with van der Waals surface area (Å²) in [6.07, 6.45) is 2.30. The molecule has 5 nitrogen and oxygen atoms in total. The van der Waals surface area contributed by atoms with E-state index in [2.05, 4.69) is 24.1 Å². The van der Waals surface area contributed by atoms with Crippen molar-refractivity contribution in [3.8, 4) is 11.5 Å². The second-order valence-electron chi connectivity index (χ2n) is 6.88. The summed E-state index contributed by atoms with van der Waals surface area (Å²) in [4.78, 5) is 14.8. The Hall–Kier alpha value is -1.75. The summed E-state index contributed by atoms with van der Waals surface area (Å²) in [5, 5.41) is 2.99. The molecule has 0 saturated carbocycles. The maximum atomic E-state index is 12.2. The minimum absolute atomic E-state index is 0.0728. The number of hydrogen-bond donors (Lipinski definition) is 1. The third kappa shape index (κ3) is 5.13. The molecule has 2 unspecified atom stereocenters. The highest BCUT2D eigenvalue weighted by atomic mass is 16.5. The van der Waals surface area contributed by atoms with E-state index in [4.69, 9.17) is 9.47 Å². The molecule has 0 radical (unpaired) electrons. The predicted octanol–water partition coefficient (Wildman–Crippen LogP) is 2.80. The van der Waals surface area contributed by atoms with Gasteiger partial charge in [0.25, 0.3) is 5.91 Å². The Kier molecular flexibility index (Phi) is 6.91. The zero-order valence-corrected chi connectivity index (χ0v) is 15.3. The van der Waals surface area contributed by atoms with Gasteiger partial charge in [-0.05, 0) is 49.4 Å². The van der Waals surface area contributed by atoms with Crippen LogP contribution in [-0.2, 0) is 0 Å². The number of carbonyl (C=O) groups is 1. The SMILES string of the molecule is COc1ccc(C(=O)NCCCN2CC(C)CC(C)C2)cc1OC. The number of hydrogen-bond acceptors (Lipinski definition) is 4. The molecule has 1 aliphatic rings. The fourth-order valence-corrected chi connectivity index (χ4v) is 3.56. The molecule has 1 fully saturated rings. The standard InChI is InChI=1S/C19H30N2O3/c1-14-10-15(2)13-21(12-14)9-5-8-20-19(22)16-6-7-17(23-3)18(11-16)24-4/h6-7,11,14-15H,5,8-10,12-13H2,1-4H3,(H,20,22). The van der Waals surface area contributed by atoms with Gasteiger partial charge in [0.05, 0.1) is 14.2 Å². The van der Waals surface area contributed by atoms with Crippen molar-refractivity contribution in [2.24, 2.45) is 11.8 Å². The summed E-state index contributed by atoms with van der Waals surface area (Å²) in [5.74, 6) is 2.67. The zero-order valence-electron chi connectivity index (χ0n) is 15.3. The van der Waals surface area contributed by atoms with Crippen molar-refractivity contribution in [2.45, 2.75) is 26.7 Å². The van der Waals surface area contributed by atoms with Gasteiger partial charge in [0.15, 0.2) is 11.5 Å². The van der Waals surface area contributed by atoms with E-state index in [0.29, 0.717) is 23.6 Å². The van der Waals surface area contributed by atoms with Crippen molar-refractivity contribution in [3.63, 3.8) is 0 Å². The van der Waals surface area contributed by atoms with Crippen LogP contribution in [0.25, 0.3) is 0 Å². The first kappa shape index (κ1) is 18.6. The lowest BCUT2D eigenvalue weighted by molar-refractivity contribution is 0.0947. The Balaban J connectivity index is 1.77. The van der Waals surface area contributed by atoms with Crippen LogP contribution < -0.4 is 14.8 Å². The van der Waals surface area contributed by atoms with Crippen LogP contribution in [0.15, 0.2) is 18.2 Å². The Morgan fingerprint density at radius 1 is 1.17 bits per heavy atom. The van der Waals surface area contributed by atoms with Crippen LogP contribution in [0.4, 0.5) is 0 Å². The number of piperidine rings is 1. The highest BCUT2D eigenvalue weighted by Crippen LogP contribution is 2.27. The average Bonchev–Trinajstić information content (AvgIpc) is 2.57. The van der Waals surface area contributed by atoms with E-state index in [1.165, 1.54) is 19.5 Å². The van der Waals surface area contributed by atoms with Crippen LogP contribution in [0.5, 0.6) is 11.5 Å². The highest BCUT2D eigenvalue weighted by Gasteiger charge is 2.21. The molecule has 0 aliphatic carbocycles. The van der Waals surface area contributed by atoms with Crippen molar-refractivity contribution >= 4 is 5.91 Å². The number of ether oxygens (including phenoxy) is 2. The van der Waals surface area contributed by atoms with Crippen molar-refractivity contribution in [1.29, 1.82) is 0 Å². The molecular weight excluding hydrogens is 304 g/mol. The maximum Gasteiger partial charge on any atom is 0.251 e. The smallest absolute Gasteiger partial charge is 0.251 e. The second-order valence-corrected chi connectivity index (χ2v) is 6.88. The molecule has 0 spiro atoms. The number of likely N-dealkylation sites (tertiary alicyclic amines) is 1. The summed E-state index contributed by atoms with van der Waals surface area (Å²) in [6, 6.07) is 5.22. The van der Waals surface area contributed by atoms with E-state index in [0.717, 1.165) is 24.8 Å². The molecule has 0 bridgehead atoms. The largest absolute Gasteiger partial charge is 0.493 e. The van der Waals surface area contributed by atoms with Crippen molar-refractivity contribution < 1.29 is 14.3 Å². The molecule has 1 aromatic carbocycles. The zero-order chi connectivity index (χ0) is 17.5. The van der Waals surface area contributed by atoms with Crippen LogP contribution in [0.2, 0.25) is 0 Å². The lowest BCUT2D eigenvalue weighted by atomic mass is 9.92. The van der Waals surface area contributed by atoms with Crippen molar-refractivity contribution in [1.82, 2.24) is 10.2 Å². The fraction of sp³-hybridized carbons (Fsp3) is 0.632. The van der Waals surface area contributed by atoms with Crippen LogP contribution in [-0.4, -0.2) is 51.2 Å². The van der Waals surface area contributed by atoms with Gasteiger partial charge in [-0.3, -0.25) is 4.79 Å². The van der Waals surface area contributed by atoms with E-state index in [1.54, 1.807) is 32.4 Å². The average molecular weight is 334 g/mol. The molecular formula is C19H30N2O3. The Bertz CT molecular complexity index is 537. The highest BCUT2D eigenvalue weighted by molar-refractivity contribution is 5.94. The van der Waals surface area contributed by atoms with Crippen LogP contribution in [0.1, 0.15) is 37.0 Å². The molecule has 24 heavy (non-hydrogen) atoms. The molecule has 1 aromatic rings. The third-order valence-electron chi connectivity index (χ3n) is 4.53. The number of nitrogens with one attached hydrogen (secondary N) is 1. The third-order valence-corrected chi connectivity index (χ3v) is 4.53. The Morgan fingerprint density at radius 3 is 2.46 bits per heavy atom. The maximum absolute atomic E-state index is 12.2. The van der Waals surface area contributed by atoms with Gasteiger partial charge in [-0.2, -0.15) is 0 Å². The van der Waals surface area contributed by atoms with Gasteiger partial charge in [-0.15, -0.1) is 0 Å². The van der Waals surface area contributed by atoms with E-state index >= 15 is 0 Å². The topological polar surface area (TPSA) is 50.8 Å². The summed E-state index contributed by atoms with van der Waals surface area (Å²) >= 11 is 0. The van der Waals surface area contributed by atoms with Crippen LogP contribution >= 0.6 is 0 Å². The van der Waals surface area contributed by atoms with Gasteiger partial charge in [0, 0.05) is 25.2 Å². The monoisotopic (exact) mass is 334 g/mol. The number of amides is 1. The lowest BCUT2D eigenvalue weighted by Gasteiger charge is -2.34. The fourth-order valence-electron chi connectivity index (χ4n) is 3.56. The second kappa shape index (κ2) is 8.92. The van der Waals surface area contributed by atoms with Gasteiger partial charge in [-0.25, -0.2) is 0 Å².